The van der Waals surface area contributed by atoms with Crippen LogP contribution in [0.5, 0.6) is 5.75 Å². The number of carbonyl (C=O) groups is 2. The minimum Gasteiger partial charge on any atom is -0.484 e. The van der Waals surface area contributed by atoms with E-state index in [0.717, 1.165) is 34.2 Å². The third-order valence-electron chi connectivity index (χ3n) is 5.85. The smallest absolute Gasteiger partial charge is 0.261 e. The molecule has 2 amide bonds. The predicted octanol–water partition coefficient (Wildman–Crippen LogP) is 5.16. The predicted molar refractivity (Wildman–Crippen MR) is 140 cm³/mol. The Morgan fingerprint density at radius 2 is 1.51 bits per heavy atom. The van der Waals surface area contributed by atoms with Gasteiger partial charge < -0.3 is 15.0 Å². The van der Waals surface area contributed by atoms with Crippen LogP contribution in [0, 0.1) is 20.8 Å². The van der Waals surface area contributed by atoms with Crippen LogP contribution < -0.4 is 10.1 Å². The highest BCUT2D eigenvalue weighted by atomic mass is 16.5. The van der Waals surface area contributed by atoms with Gasteiger partial charge >= 0.3 is 0 Å². The number of rotatable bonds is 11. The molecule has 0 saturated heterocycles. The Bertz CT molecular complexity index is 1090. The fourth-order valence-corrected chi connectivity index (χ4v) is 4.05. The number of amides is 2. The van der Waals surface area contributed by atoms with Crippen molar-refractivity contribution in [2.75, 3.05) is 13.2 Å². The van der Waals surface area contributed by atoms with Crippen molar-refractivity contribution in [3.05, 3.63) is 101 Å². The van der Waals surface area contributed by atoms with Crippen LogP contribution in [-0.4, -0.2) is 35.9 Å². The molecule has 3 aromatic carbocycles. The highest BCUT2D eigenvalue weighted by Crippen LogP contribution is 2.19. The molecule has 3 rings (SSSR count). The third kappa shape index (κ3) is 7.99. The molecule has 0 heterocycles. The lowest BCUT2D eigenvalue weighted by atomic mass is 10.0. The molecule has 0 bridgehead atoms. The first kappa shape index (κ1) is 26.0. The Kier molecular flexibility index (Phi) is 9.47. The van der Waals surface area contributed by atoms with Crippen molar-refractivity contribution in [2.24, 2.45) is 0 Å². The number of ether oxygens (including phenoxy) is 1. The Labute approximate surface area is 209 Å². The summed E-state index contributed by atoms with van der Waals surface area (Å²) in [5.41, 5.74) is 5.26. The zero-order valence-corrected chi connectivity index (χ0v) is 21.2. The van der Waals surface area contributed by atoms with Crippen molar-refractivity contribution in [3.8, 4) is 5.75 Å². The summed E-state index contributed by atoms with van der Waals surface area (Å²) in [6.45, 7) is 8.79. The molecule has 3 aromatic rings. The standard InChI is InChI=1S/C30H36N2O3/c1-5-15-31-30(34)28(19-25-9-7-6-8-10-25)32(20-26-13-11-22(2)12-14-26)29(33)21-35-27-17-23(3)16-24(4)18-27/h6-14,16-18,28H,5,15,19-21H2,1-4H3,(H,31,34). The van der Waals surface area contributed by atoms with E-state index in [1.165, 1.54) is 0 Å². The van der Waals surface area contributed by atoms with Crippen molar-refractivity contribution in [3.63, 3.8) is 0 Å². The number of aryl methyl sites for hydroxylation is 3. The van der Waals surface area contributed by atoms with Gasteiger partial charge in [-0.15, -0.1) is 0 Å². The van der Waals surface area contributed by atoms with E-state index in [4.69, 9.17) is 4.74 Å². The van der Waals surface area contributed by atoms with E-state index in [-0.39, 0.29) is 18.4 Å². The first-order valence-corrected chi connectivity index (χ1v) is 12.2. The van der Waals surface area contributed by atoms with Crippen molar-refractivity contribution in [1.29, 1.82) is 0 Å². The van der Waals surface area contributed by atoms with Crippen LogP contribution in [-0.2, 0) is 22.6 Å². The summed E-state index contributed by atoms with van der Waals surface area (Å²) in [6, 6.07) is 23.1. The second-order valence-electron chi connectivity index (χ2n) is 9.12. The molecule has 0 aliphatic rings. The van der Waals surface area contributed by atoms with E-state index in [9.17, 15) is 9.59 Å². The molecule has 0 saturated carbocycles. The Balaban J connectivity index is 1.89. The number of benzene rings is 3. The molecular formula is C30H36N2O3. The zero-order chi connectivity index (χ0) is 25.2. The number of carbonyl (C=O) groups excluding carboxylic acids is 2. The molecule has 1 N–H and O–H groups in total. The monoisotopic (exact) mass is 472 g/mol. The normalized spacial score (nSPS) is 11.5. The number of hydrogen-bond acceptors (Lipinski definition) is 3. The van der Waals surface area contributed by atoms with E-state index < -0.39 is 6.04 Å². The lowest BCUT2D eigenvalue weighted by molar-refractivity contribution is -0.142. The Hall–Kier alpha value is -3.60. The quantitative estimate of drug-likeness (QED) is 0.420. The Morgan fingerprint density at radius 1 is 0.857 bits per heavy atom. The average Bonchev–Trinajstić information content (AvgIpc) is 2.84. The van der Waals surface area contributed by atoms with Crippen LogP contribution >= 0.6 is 0 Å². The molecule has 0 fully saturated rings. The lowest BCUT2D eigenvalue weighted by Crippen LogP contribution is -2.51. The van der Waals surface area contributed by atoms with Crippen LogP contribution in [0.1, 0.15) is 41.2 Å². The van der Waals surface area contributed by atoms with Gasteiger partial charge in [0.25, 0.3) is 5.91 Å². The molecule has 0 aliphatic carbocycles. The van der Waals surface area contributed by atoms with Crippen LogP contribution in [0.4, 0.5) is 0 Å². The van der Waals surface area contributed by atoms with Gasteiger partial charge in [0, 0.05) is 19.5 Å². The highest BCUT2D eigenvalue weighted by molar-refractivity contribution is 5.88. The van der Waals surface area contributed by atoms with Crippen LogP contribution in [0.25, 0.3) is 0 Å². The molecule has 5 nitrogen and oxygen atoms in total. The summed E-state index contributed by atoms with van der Waals surface area (Å²) in [5.74, 6) is 0.279. The summed E-state index contributed by atoms with van der Waals surface area (Å²) >= 11 is 0. The second-order valence-corrected chi connectivity index (χ2v) is 9.12. The molecule has 0 spiro atoms. The molecule has 184 valence electrons. The van der Waals surface area contributed by atoms with Gasteiger partial charge in [-0.25, -0.2) is 0 Å². The summed E-state index contributed by atoms with van der Waals surface area (Å²) in [5, 5.41) is 3.00. The van der Waals surface area contributed by atoms with Crippen molar-refractivity contribution < 1.29 is 14.3 Å². The largest absolute Gasteiger partial charge is 0.484 e. The minimum absolute atomic E-state index is 0.138. The summed E-state index contributed by atoms with van der Waals surface area (Å²) in [4.78, 5) is 28.6. The van der Waals surface area contributed by atoms with E-state index in [1.54, 1.807) is 4.90 Å². The molecule has 35 heavy (non-hydrogen) atoms. The fraction of sp³-hybridized carbons (Fsp3) is 0.333. The Morgan fingerprint density at radius 3 is 2.14 bits per heavy atom. The first-order chi connectivity index (χ1) is 16.9. The van der Waals surface area contributed by atoms with Gasteiger partial charge in [0.2, 0.25) is 5.91 Å². The minimum atomic E-state index is -0.652. The van der Waals surface area contributed by atoms with Gasteiger partial charge in [0.15, 0.2) is 6.61 Å². The van der Waals surface area contributed by atoms with Crippen LogP contribution in [0.3, 0.4) is 0 Å². The van der Waals surface area contributed by atoms with Gasteiger partial charge in [0.1, 0.15) is 11.8 Å². The highest BCUT2D eigenvalue weighted by Gasteiger charge is 2.30. The summed E-state index contributed by atoms with van der Waals surface area (Å²) in [6.07, 6.45) is 1.25. The maximum atomic E-state index is 13.6. The third-order valence-corrected chi connectivity index (χ3v) is 5.85. The van der Waals surface area contributed by atoms with Crippen LogP contribution in [0.2, 0.25) is 0 Å². The maximum Gasteiger partial charge on any atom is 0.261 e. The van der Waals surface area contributed by atoms with Gasteiger partial charge in [-0.05, 0) is 61.6 Å². The average molecular weight is 473 g/mol. The van der Waals surface area contributed by atoms with E-state index in [1.807, 2.05) is 94.4 Å². The SMILES string of the molecule is CCCNC(=O)C(Cc1ccccc1)N(Cc1ccc(C)cc1)C(=O)COc1cc(C)cc(C)c1. The molecule has 0 aliphatic heterocycles. The number of nitrogens with one attached hydrogen (secondary N) is 1. The van der Waals surface area contributed by atoms with E-state index in [2.05, 4.69) is 11.4 Å². The van der Waals surface area contributed by atoms with E-state index >= 15 is 0 Å². The molecule has 0 radical (unpaired) electrons. The maximum absolute atomic E-state index is 13.6. The van der Waals surface area contributed by atoms with Crippen molar-refractivity contribution >= 4 is 11.8 Å². The molecule has 0 aromatic heterocycles. The molecule has 5 heteroatoms. The number of nitrogens with zero attached hydrogens (tertiary/aromatic N) is 1. The van der Waals surface area contributed by atoms with Gasteiger partial charge in [0.05, 0.1) is 0 Å². The van der Waals surface area contributed by atoms with Gasteiger partial charge in [-0.3, -0.25) is 9.59 Å². The molecule has 1 unspecified atom stereocenters. The second kappa shape index (κ2) is 12.7. The van der Waals surface area contributed by atoms with Crippen molar-refractivity contribution in [2.45, 2.75) is 53.1 Å². The zero-order valence-electron chi connectivity index (χ0n) is 21.2. The lowest BCUT2D eigenvalue weighted by Gasteiger charge is -2.31. The first-order valence-electron chi connectivity index (χ1n) is 12.2. The van der Waals surface area contributed by atoms with Gasteiger partial charge in [-0.1, -0.05) is 73.2 Å². The van der Waals surface area contributed by atoms with Crippen LogP contribution in [0.15, 0.2) is 72.8 Å². The van der Waals surface area contributed by atoms with E-state index in [0.29, 0.717) is 25.3 Å². The number of hydrogen-bond donors (Lipinski definition) is 1. The summed E-state index contributed by atoms with van der Waals surface area (Å²) < 4.78 is 5.91. The molecule has 1 atom stereocenters. The van der Waals surface area contributed by atoms with Gasteiger partial charge in [-0.2, -0.15) is 0 Å². The topological polar surface area (TPSA) is 58.6 Å². The fourth-order valence-electron chi connectivity index (χ4n) is 4.05. The molecular weight excluding hydrogens is 436 g/mol. The van der Waals surface area contributed by atoms with Crippen molar-refractivity contribution in [1.82, 2.24) is 10.2 Å². The summed E-state index contributed by atoms with van der Waals surface area (Å²) in [7, 11) is 0.